The van der Waals surface area contributed by atoms with E-state index in [1.165, 1.54) is 6.26 Å². The molecular formula is C23H33NO13S. The Kier molecular flexibility index (Phi) is 12.2. The Bertz CT molecular complexity index is 940. The van der Waals surface area contributed by atoms with Gasteiger partial charge in [0.1, 0.15) is 24.9 Å². The second-order valence-corrected chi connectivity index (χ2v) is 9.37. The van der Waals surface area contributed by atoms with Crippen LogP contribution in [0.2, 0.25) is 0 Å². The predicted octanol–water partition coefficient (Wildman–Crippen LogP) is 0.129. The minimum atomic E-state index is -1.88. The molecule has 0 bridgehead atoms. The third-order valence-electron chi connectivity index (χ3n) is 5.39. The second-order valence-electron chi connectivity index (χ2n) is 8.31. The van der Waals surface area contributed by atoms with Crippen molar-refractivity contribution in [1.82, 2.24) is 4.90 Å². The van der Waals surface area contributed by atoms with Crippen LogP contribution >= 0.6 is 11.8 Å². The van der Waals surface area contributed by atoms with E-state index in [-0.39, 0.29) is 6.42 Å². The van der Waals surface area contributed by atoms with E-state index in [2.05, 4.69) is 0 Å². The molecule has 1 saturated heterocycles. The average molecular weight is 564 g/mol. The summed E-state index contributed by atoms with van der Waals surface area (Å²) in [5, 5.41) is 0. The quantitative estimate of drug-likeness (QED) is 0.259. The Morgan fingerprint density at radius 2 is 1.45 bits per heavy atom. The van der Waals surface area contributed by atoms with Crippen molar-refractivity contribution in [1.29, 1.82) is 0 Å². The van der Waals surface area contributed by atoms with Gasteiger partial charge in [0.2, 0.25) is 16.7 Å². The van der Waals surface area contributed by atoms with Crippen LogP contribution in [-0.4, -0.2) is 102 Å². The number of hydrogen-bond donors (Lipinski definition) is 0. The molecule has 14 nitrogen and oxygen atoms in total. The number of rotatable bonds is 10. The summed E-state index contributed by atoms with van der Waals surface area (Å²) < 4.78 is 32.2. The number of thioether (sulfide) groups is 1. The minimum absolute atomic E-state index is 0.367. The zero-order valence-corrected chi connectivity index (χ0v) is 23.3. The fourth-order valence-corrected chi connectivity index (χ4v) is 4.92. The summed E-state index contributed by atoms with van der Waals surface area (Å²) in [6.07, 6.45) is -5.08. The summed E-state index contributed by atoms with van der Waals surface area (Å²) in [5.41, 5.74) is 0. The van der Waals surface area contributed by atoms with Crippen LogP contribution < -0.4 is 0 Å². The molecule has 1 heterocycles. The molecular weight excluding hydrogens is 530 g/mol. The number of hydrogen-bond acceptors (Lipinski definition) is 14. The summed E-state index contributed by atoms with van der Waals surface area (Å²) in [5.74, 6) is -5.81. The van der Waals surface area contributed by atoms with E-state index in [1.807, 2.05) is 0 Å². The summed E-state index contributed by atoms with van der Waals surface area (Å²) >= 11 is 0.861. The van der Waals surface area contributed by atoms with Gasteiger partial charge in [0.15, 0.2) is 12.2 Å². The third-order valence-corrected chi connectivity index (χ3v) is 6.48. The molecule has 1 unspecified atom stereocenters. The lowest BCUT2D eigenvalue weighted by atomic mass is 9.88. The van der Waals surface area contributed by atoms with Crippen molar-refractivity contribution in [2.24, 2.45) is 0 Å². The Hall–Kier alpha value is -3.20. The van der Waals surface area contributed by atoms with Gasteiger partial charge in [-0.1, -0.05) is 0 Å². The molecule has 38 heavy (non-hydrogen) atoms. The maximum absolute atomic E-state index is 12.9. The molecule has 214 valence electrons. The SMILES string of the molecule is COC(=O)C1(SC)C[C@H](OC(C)=O)[C@@H](N(C(C)=O)C(C)=O)[C@H]([C@H](OC(C)=O)[C@@H](COC(C)=O)OC(C)=O)O1. The van der Waals surface area contributed by atoms with Gasteiger partial charge in [-0.25, -0.2) is 4.79 Å². The maximum atomic E-state index is 12.9. The van der Waals surface area contributed by atoms with Crippen molar-refractivity contribution in [2.45, 2.75) is 83.4 Å². The Morgan fingerprint density at radius 1 is 0.895 bits per heavy atom. The molecule has 1 aliphatic rings. The lowest BCUT2D eigenvalue weighted by Crippen LogP contribution is -2.69. The number of carbonyl (C=O) groups excluding carboxylic acids is 7. The van der Waals surface area contributed by atoms with Gasteiger partial charge in [-0.2, -0.15) is 0 Å². The number of ether oxygens (including phenoxy) is 6. The first-order valence-corrected chi connectivity index (χ1v) is 12.6. The largest absolute Gasteiger partial charge is 0.466 e. The van der Waals surface area contributed by atoms with Gasteiger partial charge in [0, 0.05) is 48.0 Å². The van der Waals surface area contributed by atoms with E-state index >= 15 is 0 Å². The number of imide groups is 1. The Balaban J connectivity index is 3.97. The Morgan fingerprint density at radius 3 is 1.84 bits per heavy atom. The first-order chi connectivity index (χ1) is 17.6. The molecule has 0 aromatic heterocycles. The average Bonchev–Trinajstić information content (AvgIpc) is 2.79. The van der Waals surface area contributed by atoms with E-state index < -0.39 is 83.7 Å². The fraction of sp³-hybridized carbons (Fsp3) is 0.696. The van der Waals surface area contributed by atoms with Crippen LogP contribution in [0.25, 0.3) is 0 Å². The molecule has 0 N–H and O–H groups in total. The highest BCUT2D eigenvalue weighted by Crippen LogP contribution is 2.43. The van der Waals surface area contributed by atoms with Crippen LogP contribution in [0.1, 0.15) is 48.0 Å². The van der Waals surface area contributed by atoms with Crippen molar-refractivity contribution in [3.63, 3.8) is 0 Å². The van der Waals surface area contributed by atoms with Gasteiger partial charge in [0.25, 0.3) is 0 Å². The molecule has 0 saturated carbocycles. The summed E-state index contributed by atoms with van der Waals surface area (Å²) in [6.45, 7) is 5.77. The van der Waals surface area contributed by atoms with Gasteiger partial charge >= 0.3 is 29.8 Å². The van der Waals surface area contributed by atoms with Crippen LogP contribution in [0, 0.1) is 0 Å². The second kappa shape index (κ2) is 14.1. The molecule has 6 atom stereocenters. The number of nitrogens with zero attached hydrogens (tertiary/aromatic N) is 1. The van der Waals surface area contributed by atoms with Crippen LogP contribution in [0.3, 0.4) is 0 Å². The zero-order valence-electron chi connectivity index (χ0n) is 22.5. The summed E-state index contributed by atoms with van der Waals surface area (Å²) in [6, 6.07) is -1.47. The maximum Gasteiger partial charge on any atom is 0.348 e. The number of esters is 5. The monoisotopic (exact) mass is 563 g/mol. The molecule has 0 aromatic carbocycles. The predicted molar refractivity (Wildman–Crippen MR) is 128 cm³/mol. The van der Waals surface area contributed by atoms with E-state index in [4.69, 9.17) is 28.4 Å². The van der Waals surface area contributed by atoms with Gasteiger partial charge in [-0.3, -0.25) is 33.7 Å². The first kappa shape index (κ1) is 32.8. The lowest BCUT2D eigenvalue weighted by molar-refractivity contribution is -0.233. The molecule has 15 heteroatoms. The van der Waals surface area contributed by atoms with Crippen LogP contribution in [0.4, 0.5) is 0 Å². The van der Waals surface area contributed by atoms with Crippen LogP contribution in [0.15, 0.2) is 0 Å². The van der Waals surface area contributed by atoms with E-state index in [9.17, 15) is 33.6 Å². The third kappa shape index (κ3) is 8.41. The summed E-state index contributed by atoms with van der Waals surface area (Å²) in [4.78, 5) is 84.8. The first-order valence-electron chi connectivity index (χ1n) is 11.4. The molecule has 0 aliphatic carbocycles. The van der Waals surface area contributed by atoms with Gasteiger partial charge < -0.3 is 28.4 Å². The molecule has 0 aromatic rings. The van der Waals surface area contributed by atoms with Crippen molar-refractivity contribution >= 4 is 53.4 Å². The number of amides is 2. The number of carbonyl (C=O) groups is 7. The zero-order chi connectivity index (χ0) is 29.4. The Labute approximate surface area is 223 Å². The molecule has 0 spiro atoms. The van der Waals surface area contributed by atoms with Gasteiger partial charge in [0.05, 0.1) is 7.11 Å². The van der Waals surface area contributed by atoms with Crippen molar-refractivity contribution in [3.8, 4) is 0 Å². The van der Waals surface area contributed by atoms with Crippen LogP contribution in [-0.2, 0) is 62.0 Å². The molecule has 0 radical (unpaired) electrons. The van der Waals surface area contributed by atoms with E-state index in [1.54, 1.807) is 0 Å². The van der Waals surface area contributed by atoms with Gasteiger partial charge in [-0.05, 0) is 6.26 Å². The molecule has 1 aliphatic heterocycles. The molecule has 1 rings (SSSR count). The summed E-state index contributed by atoms with van der Waals surface area (Å²) in [7, 11) is 1.09. The molecule has 1 fully saturated rings. The smallest absolute Gasteiger partial charge is 0.348 e. The van der Waals surface area contributed by atoms with E-state index in [0.717, 1.165) is 65.3 Å². The number of methoxy groups -OCH3 is 1. The standard InChI is InChI=1S/C23H33NO13S/c1-11(25)24(12(2)26)19-17(34-14(4)28)9-23(38-8,22(31)32-7)37-21(19)20(36-16(6)30)18(35-15(5)29)10-33-13(3)27/h17-21H,9-10H2,1-8H3/t17-,18+,19+,20+,21+,23?/m0/s1. The fourth-order valence-electron chi connectivity index (χ4n) is 4.13. The highest BCUT2D eigenvalue weighted by Gasteiger charge is 2.60. The highest BCUT2D eigenvalue weighted by atomic mass is 32.2. The van der Waals surface area contributed by atoms with Crippen LogP contribution in [0.5, 0.6) is 0 Å². The topological polar surface area (TPSA) is 178 Å². The molecule has 2 amide bonds. The van der Waals surface area contributed by atoms with E-state index in [0.29, 0.717) is 0 Å². The highest BCUT2D eigenvalue weighted by molar-refractivity contribution is 8.00. The van der Waals surface area contributed by atoms with Gasteiger partial charge in [-0.15, -0.1) is 11.8 Å². The lowest BCUT2D eigenvalue weighted by Gasteiger charge is -2.50. The van der Waals surface area contributed by atoms with Crippen molar-refractivity contribution in [2.75, 3.05) is 20.0 Å². The normalized spacial score (nSPS) is 24.2. The van der Waals surface area contributed by atoms with Crippen molar-refractivity contribution < 1.29 is 62.0 Å². The van der Waals surface area contributed by atoms with Crippen molar-refractivity contribution in [3.05, 3.63) is 0 Å². The minimum Gasteiger partial charge on any atom is -0.466 e.